The predicted molar refractivity (Wildman–Crippen MR) is 183 cm³/mol. The van der Waals surface area contributed by atoms with Gasteiger partial charge in [0, 0.05) is 0 Å². The smallest absolute Gasteiger partial charge is 0.166 e. The average molecular weight is 643 g/mol. The first-order valence-corrected chi connectivity index (χ1v) is 15.3. The Morgan fingerprint density at radius 1 is 0.312 bits per heavy atom. The number of hydrogen-bond acceptors (Lipinski definition) is 0. The second kappa shape index (κ2) is 11.0. The van der Waals surface area contributed by atoms with Crippen molar-refractivity contribution in [2.24, 2.45) is 0 Å². The van der Waals surface area contributed by atoms with Gasteiger partial charge in [0.15, 0.2) is 0 Å². The van der Waals surface area contributed by atoms with Crippen molar-refractivity contribution in [3.63, 3.8) is 0 Å². The van der Waals surface area contributed by atoms with Crippen molar-refractivity contribution in [1.82, 2.24) is 0 Å². The van der Waals surface area contributed by atoms with E-state index < -0.39 is 23.5 Å². The molecule has 0 bridgehead atoms. The Hall–Kier alpha value is -5.62. The molecule has 0 amide bonds. The van der Waals surface area contributed by atoms with Crippen LogP contribution in [0.4, 0.5) is 26.3 Å². The highest BCUT2D eigenvalue weighted by molar-refractivity contribution is 6.22. The van der Waals surface area contributed by atoms with Crippen LogP contribution in [0.1, 0.15) is 11.1 Å². The van der Waals surface area contributed by atoms with Gasteiger partial charge in [-0.1, -0.05) is 115 Å². The van der Waals surface area contributed by atoms with Gasteiger partial charge in [0.05, 0.1) is 11.1 Å². The molecule has 0 aliphatic rings. The Balaban J connectivity index is 1.45. The van der Waals surface area contributed by atoms with Crippen LogP contribution >= 0.6 is 0 Å². The van der Waals surface area contributed by atoms with Crippen LogP contribution in [0.15, 0.2) is 146 Å². The van der Waals surface area contributed by atoms with Gasteiger partial charge in [-0.2, -0.15) is 26.3 Å². The SMILES string of the molecule is FC(F)(F)c1ccc2c(-c3ccc(-c4cccc5ccccc45)cc3)c3ccc(C(F)(F)F)cc3c(-c3ccc4ccccc4c3)c2c1. The van der Waals surface area contributed by atoms with Crippen molar-refractivity contribution >= 4 is 43.1 Å². The van der Waals surface area contributed by atoms with E-state index in [1.165, 1.54) is 12.1 Å². The summed E-state index contributed by atoms with van der Waals surface area (Å²) in [6.45, 7) is 0. The number of rotatable bonds is 3. The molecule has 0 heterocycles. The van der Waals surface area contributed by atoms with Crippen LogP contribution in [0.3, 0.4) is 0 Å². The monoisotopic (exact) mass is 642 g/mol. The zero-order chi connectivity index (χ0) is 33.2. The summed E-state index contributed by atoms with van der Waals surface area (Å²) in [6.07, 6.45) is -9.31. The van der Waals surface area contributed by atoms with Gasteiger partial charge < -0.3 is 0 Å². The molecule has 8 rings (SSSR count). The zero-order valence-corrected chi connectivity index (χ0v) is 25.1. The maximum atomic E-state index is 14.2. The van der Waals surface area contributed by atoms with E-state index in [1.54, 1.807) is 6.07 Å². The first kappa shape index (κ1) is 29.8. The van der Waals surface area contributed by atoms with E-state index in [2.05, 4.69) is 0 Å². The van der Waals surface area contributed by atoms with Crippen LogP contribution in [0.2, 0.25) is 0 Å². The lowest BCUT2D eigenvalue weighted by Gasteiger charge is -2.20. The number of benzene rings is 8. The van der Waals surface area contributed by atoms with Crippen LogP contribution in [0, 0.1) is 0 Å². The Bertz CT molecular complexity index is 2440. The van der Waals surface area contributed by atoms with Crippen molar-refractivity contribution in [2.45, 2.75) is 12.4 Å². The minimum Gasteiger partial charge on any atom is -0.166 e. The van der Waals surface area contributed by atoms with E-state index >= 15 is 0 Å². The number of hydrogen-bond donors (Lipinski definition) is 0. The van der Waals surface area contributed by atoms with E-state index in [0.29, 0.717) is 33.0 Å². The van der Waals surface area contributed by atoms with Gasteiger partial charge in [0.1, 0.15) is 0 Å². The molecule has 0 spiro atoms. The molecule has 0 fully saturated rings. The molecule has 234 valence electrons. The summed E-state index contributed by atoms with van der Waals surface area (Å²) in [6, 6.07) is 41.7. The minimum absolute atomic E-state index is 0.222. The lowest BCUT2D eigenvalue weighted by Crippen LogP contribution is -2.06. The van der Waals surface area contributed by atoms with E-state index in [1.807, 2.05) is 103 Å². The Labute approximate surface area is 271 Å². The fourth-order valence-corrected chi connectivity index (χ4v) is 6.84. The molecule has 0 nitrogen and oxygen atoms in total. The molecule has 0 saturated carbocycles. The highest BCUT2D eigenvalue weighted by Crippen LogP contribution is 2.47. The Kier molecular flexibility index (Phi) is 6.81. The van der Waals surface area contributed by atoms with Crippen molar-refractivity contribution in [3.8, 4) is 33.4 Å². The van der Waals surface area contributed by atoms with Crippen LogP contribution in [-0.4, -0.2) is 0 Å². The third-order valence-electron chi connectivity index (χ3n) is 9.08. The number of halogens is 6. The molecule has 0 aromatic heterocycles. The van der Waals surface area contributed by atoms with Crippen LogP contribution in [0.25, 0.3) is 76.5 Å². The summed E-state index contributed by atoms with van der Waals surface area (Å²) < 4.78 is 85.1. The highest BCUT2D eigenvalue weighted by Gasteiger charge is 2.33. The molecular formula is C42H24F6. The molecule has 0 N–H and O–H groups in total. The molecule has 0 atom stereocenters. The summed E-state index contributed by atoms with van der Waals surface area (Å²) in [5.41, 5.74) is 2.30. The Morgan fingerprint density at radius 2 is 0.812 bits per heavy atom. The second-order valence-electron chi connectivity index (χ2n) is 11.9. The predicted octanol–water partition coefficient (Wildman–Crippen LogP) is 13.3. The first-order chi connectivity index (χ1) is 23.1. The maximum absolute atomic E-state index is 14.2. The van der Waals surface area contributed by atoms with E-state index in [4.69, 9.17) is 0 Å². The van der Waals surface area contributed by atoms with Crippen molar-refractivity contribution in [3.05, 3.63) is 157 Å². The number of alkyl halides is 6. The third-order valence-corrected chi connectivity index (χ3v) is 9.08. The van der Waals surface area contributed by atoms with Crippen LogP contribution in [0.5, 0.6) is 0 Å². The molecule has 0 unspecified atom stereocenters. The van der Waals surface area contributed by atoms with Gasteiger partial charge in [-0.05, 0) is 107 Å². The van der Waals surface area contributed by atoms with Crippen molar-refractivity contribution in [2.75, 3.05) is 0 Å². The quantitative estimate of drug-likeness (QED) is 0.133. The van der Waals surface area contributed by atoms with Crippen molar-refractivity contribution in [1.29, 1.82) is 0 Å². The largest absolute Gasteiger partial charge is 0.416 e. The molecule has 8 aromatic carbocycles. The summed E-state index contributed by atoms with van der Waals surface area (Å²) in [4.78, 5) is 0. The Morgan fingerprint density at radius 3 is 1.44 bits per heavy atom. The molecule has 8 aromatic rings. The van der Waals surface area contributed by atoms with E-state index in [0.717, 1.165) is 56.9 Å². The van der Waals surface area contributed by atoms with E-state index in [9.17, 15) is 26.3 Å². The van der Waals surface area contributed by atoms with Gasteiger partial charge in [0.25, 0.3) is 0 Å². The average Bonchev–Trinajstić information content (AvgIpc) is 3.09. The van der Waals surface area contributed by atoms with E-state index in [-0.39, 0.29) is 10.8 Å². The molecule has 0 saturated heterocycles. The van der Waals surface area contributed by atoms with Gasteiger partial charge in [-0.15, -0.1) is 0 Å². The molecular weight excluding hydrogens is 618 g/mol. The lowest BCUT2D eigenvalue weighted by molar-refractivity contribution is -0.138. The van der Waals surface area contributed by atoms with Gasteiger partial charge in [-0.3, -0.25) is 0 Å². The second-order valence-corrected chi connectivity index (χ2v) is 11.9. The minimum atomic E-state index is -4.65. The summed E-state index contributed by atoms with van der Waals surface area (Å²) in [7, 11) is 0. The molecule has 0 aliphatic heterocycles. The van der Waals surface area contributed by atoms with Gasteiger partial charge in [0.2, 0.25) is 0 Å². The fraction of sp³-hybridized carbons (Fsp3) is 0.0476. The van der Waals surface area contributed by atoms with Crippen LogP contribution in [-0.2, 0) is 12.4 Å². The topological polar surface area (TPSA) is 0 Å². The first-order valence-electron chi connectivity index (χ1n) is 15.3. The summed E-state index contributed by atoms with van der Waals surface area (Å²) in [5.74, 6) is 0. The molecule has 6 heteroatoms. The summed E-state index contributed by atoms with van der Waals surface area (Å²) in [5, 5.41) is 5.35. The standard InChI is InChI=1S/C42H24F6/c43-41(44,45)31-18-20-35-37(23-31)40(30-17-12-25-6-1-2-8-29(25)22-30)38-24-32(42(46,47)48)19-21-36(38)39(35)28-15-13-27(14-16-28)34-11-5-9-26-7-3-4-10-33(26)34/h1-24H. The van der Waals surface area contributed by atoms with Gasteiger partial charge >= 0.3 is 12.4 Å². The van der Waals surface area contributed by atoms with Gasteiger partial charge in [-0.25, -0.2) is 0 Å². The fourth-order valence-electron chi connectivity index (χ4n) is 6.84. The lowest BCUT2D eigenvalue weighted by atomic mass is 9.84. The van der Waals surface area contributed by atoms with Crippen LogP contribution < -0.4 is 0 Å². The molecule has 48 heavy (non-hydrogen) atoms. The molecule has 0 aliphatic carbocycles. The zero-order valence-electron chi connectivity index (χ0n) is 25.1. The van der Waals surface area contributed by atoms with Crippen molar-refractivity contribution < 1.29 is 26.3 Å². The maximum Gasteiger partial charge on any atom is 0.416 e. The third kappa shape index (κ3) is 5.05. The number of fused-ring (bicyclic) bond motifs is 4. The normalized spacial score (nSPS) is 12.4. The molecule has 0 radical (unpaired) electrons. The summed E-state index contributed by atoms with van der Waals surface area (Å²) >= 11 is 0. The highest BCUT2D eigenvalue weighted by atomic mass is 19.4.